The first-order chi connectivity index (χ1) is 15.3. The van der Waals surface area contributed by atoms with Crippen LogP contribution in [0, 0.1) is 24.0 Å². The fraction of sp³-hybridized carbons (Fsp3) is 0.238. The highest BCUT2D eigenvalue weighted by Crippen LogP contribution is 2.38. The van der Waals surface area contributed by atoms with Gasteiger partial charge in [0.05, 0.1) is 18.2 Å². The standard InChI is InChI=1S/C21H21N5O5S/c1-13-6-5-7-15(8-13)12-31-19-17(26(28)29)9-16(10-18(19)30-3)11-22-25-20(27)14(2)23-24-21(25)32-4/h5-11H,12H2,1-4H3/b22-11-. The Morgan fingerprint density at radius 3 is 2.69 bits per heavy atom. The maximum absolute atomic E-state index is 12.3. The van der Waals surface area contributed by atoms with Crippen LogP contribution in [0.1, 0.15) is 22.4 Å². The molecule has 0 saturated heterocycles. The number of benzene rings is 2. The monoisotopic (exact) mass is 455 g/mol. The first-order valence-corrected chi connectivity index (χ1v) is 10.7. The first-order valence-electron chi connectivity index (χ1n) is 9.43. The van der Waals surface area contributed by atoms with E-state index in [1.54, 1.807) is 12.3 Å². The smallest absolute Gasteiger partial charge is 0.315 e. The molecule has 0 N–H and O–H groups in total. The number of hydrogen-bond acceptors (Lipinski definition) is 9. The lowest BCUT2D eigenvalue weighted by atomic mass is 10.1. The fourth-order valence-electron chi connectivity index (χ4n) is 2.87. The summed E-state index contributed by atoms with van der Waals surface area (Å²) in [5.74, 6) is 0.189. The highest BCUT2D eigenvalue weighted by Gasteiger charge is 2.22. The van der Waals surface area contributed by atoms with Crippen LogP contribution >= 0.6 is 11.8 Å². The number of nitro groups is 1. The summed E-state index contributed by atoms with van der Waals surface area (Å²) in [4.78, 5) is 23.5. The molecule has 1 aromatic heterocycles. The molecule has 3 rings (SSSR count). The molecule has 0 amide bonds. The van der Waals surface area contributed by atoms with Crippen LogP contribution in [0.25, 0.3) is 0 Å². The van der Waals surface area contributed by atoms with Crippen LogP contribution in [0.4, 0.5) is 5.69 Å². The van der Waals surface area contributed by atoms with Crippen LogP contribution in [0.5, 0.6) is 11.5 Å². The molecule has 0 aliphatic carbocycles. The molecule has 0 aliphatic heterocycles. The second-order valence-corrected chi connectivity index (χ2v) is 7.51. The van der Waals surface area contributed by atoms with Crippen molar-refractivity contribution in [3.8, 4) is 11.5 Å². The van der Waals surface area contributed by atoms with Crippen LogP contribution in [0.2, 0.25) is 0 Å². The number of nitro benzene ring substituents is 1. The van der Waals surface area contributed by atoms with Gasteiger partial charge in [-0.3, -0.25) is 14.9 Å². The highest BCUT2D eigenvalue weighted by atomic mass is 32.2. The van der Waals surface area contributed by atoms with E-state index in [-0.39, 0.29) is 34.6 Å². The largest absolute Gasteiger partial charge is 0.493 e. The van der Waals surface area contributed by atoms with Gasteiger partial charge in [-0.1, -0.05) is 41.6 Å². The summed E-state index contributed by atoms with van der Waals surface area (Å²) in [5.41, 5.74) is 1.75. The lowest BCUT2D eigenvalue weighted by molar-refractivity contribution is -0.386. The molecule has 166 valence electrons. The van der Waals surface area contributed by atoms with Crippen molar-refractivity contribution in [1.82, 2.24) is 14.9 Å². The number of nitrogens with zero attached hydrogens (tertiary/aromatic N) is 5. The van der Waals surface area contributed by atoms with Gasteiger partial charge in [0.2, 0.25) is 10.9 Å². The maximum Gasteiger partial charge on any atom is 0.315 e. The zero-order valence-electron chi connectivity index (χ0n) is 17.9. The quantitative estimate of drug-likeness (QED) is 0.219. The van der Waals surface area contributed by atoms with E-state index < -0.39 is 10.5 Å². The minimum Gasteiger partial charge on any atom is -0.493 e. The Morgan fingerprint density at radius 2 is 2.03 bits per heavy atom. The van der Waals surface area contributed by atoms with Gasteiger partial charge in [-0.05, 0) is 31.7 Å². The van der Waals surface area contributed by atoms with Crippen molar-refractivity contribution >= 4 is 23.7 Å². The van der Waals surface area contributed by atoms with Crippen molar-refractivity contribution in [2.45, 2.75) is 25.6 Å². The highest BCUT2D eigenvalue weighted by molar-refractivity contribution is 7.98. The van der Waals surface area contributed by atoms with Gasteiger partial charge in [0.25, 0.3) is 5.56 Å². The molecular formula is C21H21N5O5S. The predicted octanol–water partition coefficient (Wildman–Crippen LogP) is 3.36. The molecule has 0 unspecified atom stereocenters. The zero-order chi connectivity index (χ0) is 23.3. The van der Waals surface area contributed by atoms with Gasteiger partial charge in [0.15, 0.2) is 5.75 Å². The summed E-state index contributed by atoms with van der Waals surface area (Å²) in [6.07, 6.45) is 3.06. The molecular weight excluding hydrogens is 434 g/mol. The SMILES string of the molecule is COc1cc(/C=N\n2c(SC)nnc(C)c2=O)cc([N+](=O)[O-])c1OCc1cccc(C)c1. The van der Waals surface area contributed by atoms with Crippen molar-refractivity contribution in [1.29, 1.82) is 0 Å². The van der Waals surface area contributed by atoms with Crippen LogP contribution in [0.15, 0.2) is 51.5 Å². The number of thioether (sulfide) groups is 1. The van der Waals surface area contributed by atoms with Gasteiger partial charge in [0.1, 0.15) is 12.3 Å². The molecule has 0 spiro atoms. The molecule has 10 nitrogen and oxygen atoms in total. The Bertz CT molecular complexity index is 1240. The first kappa shape index (κ1) is 22.9. The number of rotatable bonds is 8. The van der Waals surface area contributed by atoms with Crippen molar-refractivity contribution < 1.29 is 14.4 Å². The molecule has 3 aromatic rings. The van der Waals surface area contributed by atoms with E-state index in [9.17, 15) is 14.9 Å². The predicted molar refractivity (Wildman–Crippen MR) is 121 cm³/mol. The Hall–Kier alpha value is -3.73. The van der Waals surface area contributed by atoms with Gasteiger partial charge in [-0.15, -0.1) is 10.2 Å². The minimum absolute atomic E-state index is 0.0135. The van der Waals surface area contributed by atoms with E-state index in [0.717, 1.165) is 15.8 Å². The number of aryl methyl sites for hydroxylation is 2. The molecule has 0 atom stereocenters. The van der Waals surface area contributed by atoms with Crippen molar-refractivity contribution in [3.05, 3.63) is 79.3 Å². The third-order valence-electron chi connectivity index (χ3n) is 4.41. The average Bonchev–Trinajstić information content (AvgIpc) is 2.78. The number of hydrogen-bond donors (Lipinski definition) is 0. The zero-order valence-corrected chi connectivity index (χ0v) is 18.8. The van der Waals surface area contributed by atoms with Gasteiger partial charge in [-0.2, -0.15) is 9.78 Å². The second kappa shape index (κ2) is 10.1. The van der Waals surface area contributed by atoms with Crippen molar-refractivity contribution in [2.75, 3.05) is 13.4 Å². The van der Waals surface area contributed by atoms with Crippen molar-refractivity contribution in [2.24, 2.45) is 5.10 Å². The van der Waals surface area contributed by atoms with E-state index in [0.29, 0.717) is 5.56 Å². The fourth-order valence-corrected chi connectivity index (χ4v) is 3.29. The van der Waals surface area contributed by atoms with E-state index in [1.807, 2.05) is 31.2 Å². The normalized spacial score (nSPS) is 11.0. The van der Waals surface area contributed by atoms with E-state index in [4.69, 9.17) is 9.47 Å². The summed E-state index contributed by atoms with van der Waals surface area (Å²) < 4.78 is 12.2. The van der Waals surface area contributed by atoms with Gasteiger partial charge in [-0.25, -0.2) is 0 Å². The average molecular weight is 455 g/mol. The summed E-state index contributed by atoms with van der Waals surface area (Å²) >= 11 is 1.20. The Kier molecular flexibility index (Phi) is 7.21. The van der Waals surface area contributed by atoms with Crippen LogP contribution in [-0.4, -0.2) is 39.4 Å². The molecule has 0 radical (unpaired) electrons. The molecule has 1 heterocycles. The topological polar surface area (TPSA) is 122 Å². The van der Waals surface area contributed by atoms with E-state index >= 15 is 0 Å². The van der Waals surface area contributed by atoms with Gasteiger partial charge in [0, 0.05) is 11.6 Å². The van der Waals surface area contributed by atoms with Crippen LogP contribution in [0.3, 0.4) is 0 Å². The van der Waals surface area contributed by atoms with Crippen molar-refractivity contribution in [3.63, 3.8) is 0 Å². The summed E-state index contributed by atoms with van der Waals surface area (Å²) in [6, 6.07) is 10.5. The second-order valence-electron chi connectivity index (χ2n) is 6.74. The molecule has 0 bridgehead atoms. The number of ether oxygens (including phenoxy) is 2. The third-order valence-corrected chi connectivity index (χ3v) is 5.03. The van der Waals surface area contributed by atoms with Crippen LogP contribution < -0.4 is 15.0 Å². The molecule has 0 saturated carbocycles. The van der Waals surface area contributed by atoms with E-state index in [1.165, 1.54) is 38.1 Å². The molecule has 0 aliphatic rings. The molecule has 32 heavy (non-hydrogen) atoms. The van der Waals surface area contributed by atoms with Crippen LogP contribution in [-0.2, 0) is 6.61 Å². The van der Waals surface area contributed by atoms with Gasteiger partial charge >= 0.3 is 5.69 Å². The summed E-state index contributed by atoms with van der Waals surface area (Å²) in [5, 5.41) is 23.9. The molecule has 2 aromatic carbocycles. The Labute approximate surface area is 188 Å². The number of methoxy groups -OCH3 is 1. The Morgan fingerprint density at radius 1 is 1.25 bits per heavy atom. The van der Waals surface area contributed by atoms with E-state index in [2.05, 4.69) is 15.3 Å². The molecule has 0 fully saturated rings. The summed E-state index contributed by atoms with van der Waals surface area (Å²) in [7, 11) is 1.39. The molecule has 11 heteroatoms. The summed E-state index contributed by atoms with van der Waals surface area (Å²) in [6.45, 7) is 3.62. The minimum atomic E-state index is -0.553. The maximum atomic E-state index is 12.3. The Balaban J connectivity index is 1.98. The lowest BCUT2D eigenvalue weighted by Crippen LogP contribution is -2.23. The number of aromatic nitrogens is 3. The third kappa shape index (κ3) is 5.11. The van der Waals surface area contributed by atoms with Gasteiger partial charge < -0.3 is 9.47 Å². The lowest BCUT2D eigenvalue weighted by Gasteiger charge is -2.12.